The second-order valence-corrected chi connectivity index (χ2v) is 5.47. The second-order valence-electron chi connectivity index (χ2n) is 4.31. The Bertz CT molecular complexity index is 717. The summed E-state index contributed by atoms with van der Waals surface area (Å²) < 4.78 is 11.1. The molecule has 0 heterocycles. The zero-order valence-electron chi connectivity index (χ0n) is 11.6. The van der Waals surface area contributed by atoms with Crippen LogP contribution in [0.3, 0.4) is 0 Å². The maximum absolute atomic E-state index is 12.1. The molecule has 2 aromatic carbocycles. The first-order valence-corrected chi connectivity index (χ1v) is 7.33. The minimum atomic E-state index is -0.509. The van der Waals surface area contributed by atoms with Crippen molar-refractivity contribution in [1.82, 2.24) is 0 Å². The number of esters is 1. The summed E-state index contributed by atoms with van der Waals surface area (Å²) in [6.07, 6.45) is 0. The lowest BCUT2D eigenvalue weighted by Gasteiger charge is -2.10. The fourth-order valence-corrected chi connectivity index (χ4v) is 2.45. The lowest BCUT2D eigenvalue weighted by Crippen LogP contribution is -2.08. The van der Waals surface area contributed by atoms with Gasteiger partial charge < -0.3 is 9.47 Å². The molecule has 0 amide bonds. The lowest BCUT2D eigenvalue weighted by molar-refractivity contribution is -0.385. The van der Waals surface area contributed by atoms with Gasteiger partial charge >= 0.3 is 5.97 Å². The van der Waals surface area contributed by atoms with Crippen molar-refractivity contribution in [1.29, 1.82) is 0 Å². The smallest absolute Gasteiger partial charge is 0.339 e. The van der Waals surface area contributed by atoms with Gasteiger partial charge in [-0.05, 0) is 40.8 Å². The van der Waals surface area contributed by atoms with Crippen LogP contribution in [0.25, 0.3) is 0 Å². The fraction of sp³-hybridized carbons (Fsp3) is 0.133. The molecule has 7 heteroatoms. The Balaban J connectivity index is 2.17. The number of non-ortho nitro benzene ring substituents is 1. The molecular weight excluding hydrogens is 401 g/mol. The first-order valence-electron chi connectivity index (χ1n) is 6.26. The molecule has 0 radical (unpaired) electrons. The van der Waals surface area contributed by atoms with Crippen LogP contribution >= 0.6 is 22.6 Å². The normalized spacial score (nSPS) is 10.1. The standard InChI is InChI=1S/C15H12INO5/c1-21-14-7-6-11(17(19)20)8-10(14)9-22-15(18)12-4-2-3-5-13(12)16/h2-8H,9H2,1H3. The van der Waals surface area contributed by atoms with E-state index in [9.17, 15) is 14.9 Å². The van der Waals surface area contributed by atoms with Gasteiger partial charge in [-0.3, -0.25) is 10.1 Å². The van der Waals surface area contributed by atoms with Crippen molar-refractivity contribution >= 4 is 34.2 Å². The number of rotatable bonds is 5. The van der Waals surface area contributed by atoms with Crippen molar-refractivity contribution in [2.24, 2.45) is 0 Å². The SMILES string of the molecule is COc1ccc([N+](=O)[O-])cc1COC(=O)c1ccccc1I. The molecule has 0 fully saturated rings. The van der Waals surface area contributed by atoms with Gasteiger partial charge in [-0.25, -0.2) is 4.79 Å². The average Bonchev–Trinajstić information content (AvgIpc) is 2.52. The third kappa shape index (κ3) is 3.73. The topological polar surface area (TPSA) is 78.7 Å². The number of ether oxygens (including phenoxy) is 2. The molecule has 0 aromatic heterocycles. The molecule has 0 bridgehead atoms. The molecule has 0 aliphatic heterocycles. The Kier molecular flexibility index (Phi) is 5.31. The number of carbonyl (C=O) groups excluding carboxylic acids is 1. The number of halogens is 1. The first kappa shape index (κ1) is 16.2. The minimum absolute atomic E-state index is 0.0823. The Labute approximate surface area is 140 Å². The highest BCUT2D eigenvalue weighted by atomic mass is 127. The molecule has 0 aliphatic rings. The van der Waals surface area contributed by atoms with E-state index in [1.165, 1.54) is 25.3 Å². The van der Waals surface area contributed by atoms with Crippen molar-refractivity contribution in [2.75, 3.05) is 7.11 Å². The van der Waals surface area contributed by atoms with Crippen LogP contribution in [0.4, 0.5) is 5.69 Å². The van der Waals surface area contributed by atoms with E-state index in [4.69, 9.17) is 9.47 Å². The van der Waals surface area contributed by atoms with E-state index >= 15 is 0 Å². The van der Waals surface area contributed by atoms with Gasteiger partial charge in [0.15, 0.2) is 0 Å². The first-order chi connectivity index (χ1) is 10.5. The minimum Gasteiger partial charge on any atom is -0.496 e. The third-order valence-corrected chi connectivity index (χ3v) is 3.87. The highest BCUT2D eigenvalue weighted by molar-refractivity contribution is 14.1. The highest BCUT2D eigenvalue weighted by Gasteiger charge is 2.15. The predicted octanol–water partition coefficient (Wildman–Crippen LogP) is 3.57. The summed E-state index contributed by atoms with van der Waals surface area (Å²) in [5.41, 5.74) is 0.810. The Morgan fingerprint density at radius 2 is 2.00 bits per heavy atom. The summed E-state index contributed by atoms with van der Waals surface area (Å²) in [6.45, 7) is -0.103. The number of carbonyl (C=O) groups is 1. The largest absolute Gasteiger partial charge is 0.496 e. The fourth-order valence-electron chi connectivity index (χ4n) is 1.84. The van der Waals surface area contributed by atoms with Crippen molar-refractivity contribution < 1.29 is 19.2 Å². The molecule has 2 aromatic rings. The van der Waals surface area contributed by atoms with Gasteiger partial charge in [0, 0.05) is 21.3 Å². The van der Waals surface area contributed by atoms with Gasteiger partial charge in [-0.15, -0.1) is 0 Å². The summed E-state index contributed by atoms with van der Waals surface area (Å²) in [6, 6.07) is 11.2. The van der Waals surface area contributed by atoms with Gasteiger partial charge in [0.2, 0.25) is 0 Å². The number of hydrogen-bond donors (Lipinski definition) is 0. The Morgan fingerprint density at radius 3 is 2.64 bits per heavy atom. The van der Waals surface area contributed by atoms with Crippen LogP contribution < -0.4 is 4.74 Å². The summed E-state index contributed by atoms with van der Waals surface area (Å²) in [4.78, 5) is 22.4. The molecule has 0 atom stereocenters. The van der Waals surface area contributed by atoms with Gasteiger partial charge in [0.1, 0.15) is 12.4 Å². The number of nitrogens with zero attached hydrogens (tertiary/aromatic N) is 1. The van der Waals surface area contributed by atoms with Crippen LogP contribution in [0.5, 0.6) is 5.75 Å². The zero-order valence-corrected chi connectivity index (χ0v) is 13.8. The Morgan fingerprint density at radius 1 is 1.27 bits per heavy atom. The van der Waals surface area contributed by atoms with E-state index in [0.717, 1.165) is 3.57 Å². The maximum atomic E-state index is 12.1. The molecule has 22 heavy (non-hydrogen) atoms. The number of hydrogen-bond acceptors (Lipinski definition) is 5. The molecule has 0 N–H and O–H groups in total. The van der Waals surface area contributed by atoms with Crippen LogP contribution in [0.15, 0.2) is 42.5 Å². The third-order valence-electron chi connectivity index (χ3n) is 2.93. The molecule has 0 unspecified atom stereocenters. The molecule has 2 rings (SSSR count). The van der Waals surface area contributed by atoms with Gasteiger partial charge in [0.25, 0.3) is 5.69 Å². The monoisotopic (exact) mass is 413 g/mol. The van der Waals surface area contributed by atoms with Crippen molar-refractivity contribution in [3.8, 4) is 5.75 Å². The molecular formula is C15H12INO5. The van der Waals surface area contributed by atoms with Gasteiger partial charge in [0.05, 0.1) is 17.6 Å². The number of methoxy groups -OCH3 is 1. The zero-order chi connectivity index (χ0) is 16.1. The van der Waals surface area contributed by atoms with E-state index in [2.05, 4.69) is 0 Å². The number of nitro benzene ring substituents is 1. The average molecular weight is 413 g/mol. The molecule has 0 spiro atoms. The molecule has 114 valence electrons. The maximum Gasteiger partial charge on any atom is 0.339 e. The van der Waals surface area contributed by atoms with Crippen LogP contribution in [0.1, 0.15) is 15.9 Å². The second kappa shape index (κ2) is 7.21. The van der Waals surface area contributed by atoms with Crippen LogP contribution in [0, 0.1) is 13.7 Å². The molecule has 6 nitrogen and oxygen atoms in total. The summed E-state index contributed by atoms with van der Waals surface area (Å²) in [5.74, 6) is -0.0558. The summed E-state index contributed by atoms with van der Waals surface area (Å²) in [7, 11) is 1.45. The molecule has 0 aliphatic carbocycles. The van der Waals surface area contributed by atoms with Crippen molar-refractivity contribution in [3.05, 3.63) is 67.3 Å². The summed E-state index contributed by atoms with van der Waals surface area (Å²) in [5, 5.41) is 10.8. The van der Waals surface area contributed by atoms with E-state index in [1.54, 1.807) is 18.2 Å². The predicted molar refractivity (Wildman–Crippen MR) is 87.9 cm³/mol. The van der Waals surface area contributed by atoms with E-state index in [-0.39, 0.29) is 12.3 Å². The van der Waals surface area contributed by atoms with Gasteiger partial charge in [-0.2, -0.15) is 0 Å². The highest BCUT2D eigenvalue weighted by Crippen LogP contribution is 2.25. The van der Waals surface area contributed by atoms with Crippen LogP contribution in [0.2, 0.25) is 0 Å². The lowest BCUT2D eigenvalue weighted by atomic mass is 10.2. The Hall–Kier alpha value is -2.16. The van der Waals surface area contributed by atoms with Crippen molar-refractivity contribution in [2.45, 2.75) is 6.61 Å². The molecule has 0 saturated heterocycles. The van der Waals surface area contributed by atoms with Gasteiger partial charge in [-0.1, -0.05) is 12.1 Å². The molecule has 0 saturated carbocycles. The van der Waals surface area contributed by atoms with Crippen LogP contribution in [-0.4, -0.2) is 18.0 Å². The van der Waals surface area contributed by atoms with Crippen molar-refractivity contribution in [3.63, 3.8) is 0 Å². The summed E-state index contributed by atoms with van der Waals surface area (Å²) >= 11 is 2.04. The quantitative estimate of drug-likeness (QED) is 0.324. The van der Waals surface area contributed by atoms with E-state index < -0.39 is 10.9 Å². The number of benzene rings is 2. The van der Waals surface area contributed by atoms with E-state index in [1.807, 2.05) is 28.7 Å². The van der Waals surface area contributed by atoms with E-state index in [0.29, 0.717) is 16.9 Å². The number of nitro groups is 1. The van der Waals surface area contributed by atoms with Crippen LogP contribution in [-0.2, 0) is 11.3 Å².